The maximum atomic E-state index is 4.52. The Morgan fingerprint density at radius 2 is 1.90 bits per heavy atom. The Labute approximate surface area is 129 Å². The maximum absolute atomic E-state index is 4.52. The molecule has 0 aliphatic heterocycles. The van der Waals surface area contributed by atoms with Crippen LogP contribution in [-0.2, 0) is 0 Å². The highest BCUT2D eigenvalue weighted by atomic mass is 32.2. The second-order valence-electron chi connectivity index (χ2n) is 4.86. The Hall–Kier alpha value is -1.01. The van der Waals surface area contributed by atoms with Crippen molar-refractivity contribution < 1.29 is 0 Å². The first-order valence-corrected chi connectivity index (χ1v) is 8.44. The average molecular weight is 308 g/mol. The van der Waals surface area contributed by atoms with Crippen molar-refractivity contribution in [2.75, 3.05) is 11.5 Å². The minimum absolute atomic E-state index is 0.251. The second kappa shape index (κ2) is 7.13. The normalized spacial score (nSPS) is 11.8. The number of hydrogen-bond donors (Lipinski definition) is 1. The van der Waals surface area contributed by atoms with Gasteiger partial charge in [-0.25, -0.2) is 0 Å². The maximum Gasteiger partial charge on any atom is 0.214 e. The van der Waals surface area contributed by atoms with E-state index < -0.39 is 0 Å². The Bertz CT molecular complexity index is 515. The van der Waals surface area contributed by atoms with Crippen LogP contribution in [0.25, 0.3) is 5.69 Å². The predicted molar refractivity (Wildman–Crippen MR) is 86.7 cm³/mol. The molecule has 0 atom stereocenters. The summed E-state index contributed by atoms with van der Waals surface area (Å²) in [6, 6.07) is 9.97. The molecule has 0 saturated carbocycles. The number of aromatic nitrogens is 4. The van der Waals surface area contributed by atoms with Gasteiger partial charge < -0.3 is 0 Å². The van der Waals surface area contributed by atoms with Gasteiger partial charge in [0.2, 0.25) is 5.16 Å². The first kappa shape index (κ1) is 15.4. The minimum atomic E-state index is 0.251. The SMILES string of the molecule is CCC(CC)(CS)CSc1nnnn1-c1ccccc1. The summed E-state index contributed by atoms with van der Waals surface area (Å²) in [5.74, 6) is 1.87. The Morgan fingerprint density at radius 3 is 2.50 bits per heavy atom. The fourth-order valence-corrected chi connectivity index (χ4v) is 3.96. The lowest BCUT2D eigenvalue weighted by atomic mass is 9.87. The van der Waals surface area contributed by atoms with E-state index in [1.807, 2.05) is 30.3 Å². The summed E-state index contributed by atoms with van der Waals surface area (Å²) in [6.07, 6.45) is 2.24. The van der Waals surface area contributed by atoms with Crippen LogP contribution in [0.1, 0.15) is 26.7 Å². The van der Waals surface area contributed by atoms with Crippen molar-refractivity contribution in [3.05, 3.63) is 30.3 Å². The smallest absolute Gasteiger partial charge is 0.188 e. The highest BCUT2D eigenvalue weighted by Crippen LogP contribution is 2.34. The van der Waals surface area contributed by atoms with Crippen LogP contribution >= 0.6 is 24.4 Å². The molecular weight excluding hydrogens is 288 g/mol. The van der Waals surface area contributed by atoms with Crippen molar-refractivity contribution in [1.29, 1.82) is 0 Å². The summed E-state index contributed by atoms with van der Waals surface area (Å²) < 4.78 is 1.79. The van der Waals surface area contributed by atoms with Gasteiger partial charge in [0.1, 0.15) is 0 Å². The molecule has 0 N–H and O–H groups in total. The molecule has 6 heteroatoms. The van der Waals surface area contributed by atoms with Gasteiger partial charge in [-0.3, -0.25) is 0 Å². The molecule has 0 bridgehead atoms. The molecule has 1 heterocycles. The van der Waals surface area contributed by atoms with Crippen LogP contribution in [0.3, 0.4) is 0 Å². The van der Waals surface area contributed by atoms with Crippen LogP contribution in [0.2, 0.25) is 0 Å². The highest BCUT2D eigenvalue weighted by Gasteiger charge is 2.25. The van der Waals surface area contributed by atoms with Gasteiger partial charge in [-0.15, -0.1) is 5.10 Å². The fraction of sp³-hybridized carbons (Fsp3) is 0.500. The van der Waals surface area contributed by atoms with Crippen LogP contribution in [0, 0.1) is 5.41 Å². The van der Waals surface area contributed by atoms with Crippen molar-refractivity contribution in [3.8, 4) is 5.69 Å². The van der Waals surface area contributed by atoms with E-state index in [9.17, 15) is 0 Å². The molecule has 0 aliphatic rings. The first-order chi connectivity index (χ1) is 9.74. The number of hydrogen-bond acceptors (Lipinski definition) is 5. The third-order valence-electron chi connectivity index (χ3n) is 3.78. The van der Waals surface area contributed by atoms with Gasteiger partial charge in [-0.05, 0) is 46.6 Å². The van der Waals surface area contributed by atoms with Gasteiger partial charge in [0.05, 0.1) is 5.69 Å². The molecule has 108 valence electrons. The third kappa shape index (κ3) is 3.35. The molecule has 2 rings (SSSR count). The number of thiol groups is 1. The van der Waals surface area contributed by atoms with Gasteiger partial charge >= 0.3 is 0 Å². The highest BCUT2D eigenvalue weighted by molar-refractivity contribution is 7.99. The van der Waals surface area contributed by atoms with Crippen molar-refractivity contribution in [3.63, 3.8) is 0 Å². The van der Waals surface area contributed by atoms with Crippen LogP contribution in [0.5, 0.6) is 0 Å². The van der Waals surface area contributed by atoms with E-state index in [1.54, 1.807) is 16.4 Å². The van der Waals surface area contributed by atoms with Crippen LogP contribution < -0.4 is 0 Å². The summed E-state index contributed by atoms with van der Waals surface area (Å²) >= 11 is 6.22. The third-order valence-corrected chi connectivity index (χ3v) is 5.72. The first-order valence-electron chi connectivity index (χ1n) is 6.82. The van der Waals surface area contributed by atoms with Gasteiger partial charge in [0.15, 0.2) is 0 Å². The molecule has 1 aromatic heterocycles. The standard InChI is InChI=1S/C14H20N4S2/c1-3-14(4-2,10-19)11-20-13-15-16-17-18(13)12-8-6-5-7-9-12/h5-9,19H,3-4,10-11H2,1-2H3. The quantitative estimate of drug-likeness (QED) is 0.628. The van der Waals surface area contributed by atoms with E-state index in [-0.39, 0.29) is 5.41 Å². The molecule has 0 fully saturated rings. The molecule has 0 aliphatic carbocycles. The number of benzene rings is 1. The molecule has 0 unspecified atom stereocenters. The Balaban J connectivity index is 2.14. The van der Waals surface area contributed by atoms with E-state index in [1.165, 1.54) is 0 Å². The van der Waals surface area contributed by atoms with Crippen molar-refractivity contribution in [2.24, 2.45) is 5.41 Å². The van der Waals surface area contributed by atoms with Gasteiger partial charge in [0, 0.05) is 5.75 Å². The molecule has 20 heavy (non-hydrogen) atoms. The summed E-state index contributed by atoms with van der Waals surface area (Å²) in [5.41, 5.74) is 1.24. The molecular formula is C14H20N4S2. The summed E-state index contributed by atoms with van der Waals surface area (Å²) in [6.45, 7) is 4.45. The van der Waals surface area contributed by atoms with Crippen LogP contribution in [-0.4, -0.2) is 31.7 Å². The van der Waals surface area contributed by atoms with Gasteiger partial charge in [-0.1, -0.05) is 43.8 Å². The zero-order valence-electron chi connectivity index (χ0n) is 11.9. The van der Waals surface area contributed by atoms with E-state index in [0.29, 0.717) is 0 Å². The lowest BCUT2D eigenvalue weighted by Gasteiger charge is -2.28. The number of rotatable bonds is 7. The predicted octanol–water partition coefficient (Wildman–Crippen LogP) is 3.49. The number of thioether (sulfide) groups is 1. The van der Waals surface area contributed by atoms with Crippen LogP contribution in [0.4, 0.5) is 0 Å². The average Bonchev–Trinajstić information content (AvgIpc) is 2.99. The number of nitrogens with zero attached hydrogens (tertiary/aromatic N) is 4. The Morgan fingerprint density at radius 1 is 1.20 bits per heavy atom. The minimum Gasteiger partial charge on any atom is -0.188 e. The topological polar surface area (TPSA) is 43.6 Å². The molecule has 1 aromatic carbocycles. The molecule has 0 saturated heterocycles. The molecule has 0 radical (unpaired) electrons. The monoisotopic (exact) mass is 308 g/mol. The summed E-state index contributed by atoms with van der Waals surface area (Å²) in [7, 11) is 0. The molecule has 0 amide bonds. The van der Waals surface area contributed by atoms with E-state index in [0.717, 1.165) is 35.2 Å². The fourth-order valence-electron chi connectivity index (χ4n) is 1.94. The molecule has 4 nitrogen and oxygen atoms in total. The zero-order valence-corrected chi connectivity index (χ0v) is 13.6. The van der Waals surface area contributed by atoms with Crippen molar-refractivity contribution in [2.45, 2.75) is 31.8 Å². The second-order valence-corrected chi connectivity index (χ2v) is 6.12. The van der Waals surface area contributed by atoms with Crippen molar-refractivity contribution in [1.82, 2.24) is 20.2 Å². The van der Waals surface area contributed by atoms with E-state index in [4.69, 9.17) is 0 Å². The van der Waals surface area contributed by atoms with Gasteiger partial charge in [-0.2, -0.15) is 17.3 Å². The summed E-state index contributed by atoms with van der Waals surface area (Å²) in [5, 5.41) is 12.9. The van der Waals surface area contributed by atoms with E-state index >= 15 is 0 Å². The van der Waals surface area contributed by atoms with Gasteiger partial charge in [0.25, 0.3) is 0 Å². The zero-order chi connectivity index (χ0) is 14.4. The van der Waals surface area contributed by atoms with Crippen molar-refractivity contribution >= 4 is 24.4 Å². The molecule has 0 spiro atoms. The van der Waals surface area contributed by atoms with E-state index in [2.05, 4.69) is 42.0 Å². The number of para-hydroxylation sites is 1. The largest absolute Gasteiger partial charge is 0.214 e. The van der Waals surface area contributed by atoms with Crippen LogP contribution in [0.15, 0.2) is 35.5 Å². The number of tetrazole rings is 1. The lowest BCUT2D eigenvalue weighted by Crippen LogP contribution is -2.24. The lowest BCUT2D eigenvalue weighted by molar-refractivity contribution is 0.357. The summed E-state index contributed by atoms with van der Waals surface area (Å²) in [4.78, 5) is 0. The molecule has 2 aromatic rings. The Kier molecular flexibility index (Phi) is 5.48.